The fraction of sp³-hybridized carbons (Fsp3) is 0.412. The van der Waals surface area contributed by atoms with Crippen LogP contribution in [0, 0.1) is 0 Å². The number of ether oxygens (including phenoxy) is 3. The lowest BCUT2D eigenvalue weighted by atomic mass is 10.1. The number of nitrogens with one attached hydrogen (secondary N) is 1. The summed E-state index contributed by atoms with van der Waals surface area (Å²) in [5.74, 6) is 1.99. The van der Waals surface area contributed by atoms with Crippen LogP contribution in [0.4, 0.5) is 0 Å². The third-order valence-corrected chi connectivity index (χ3v) is 4.56. The molecular weight excluding hydrogens is 298 g/mol. The summed E-state index contributed by atoms with van der Waals surface area (Å²) in [5, 5.41) is 5.70. The van der Waals surface area contributed by atoms with Gasteiger partial charge in [0.15, 0.2) is 11.5 Å². The zero-order valence-electron chi connectivity index (χ0n) is 13.5. The maximum absolute atomic E-state index is 5.39. The summed E-state index contributed by atoms with van der Waals surface area (Å²) in [6, 6.07) is 8.58. The van der Waals surface area contributed by atoms with Gasteiger partial charge in [0.1, 0.15) is 0 Å². The zero-order chi connectivity index (χ0) is 15.9. The van der Waals surface area contributed by atoms with Crippen LogP contribution in [0.15, 0.2) is 29.6 Å². The molecule has 0 fully saturated rings. The van der Waals surface area contributed by atoms with Gasteiger partial charge in [-0.1, -0.05) is 13.0 Å². The number of methoxy groups -OCH3 is 3. The van der Waals surface area contributed by atoms with Gasteiger partial charge in [-0.15, -0.1) is 11.3 Å². The van der Waals surface area contributed by atoms with E-state index in [-0.39, 0.29) is 0 Å². The van der Waals surface area contributed by atoms with Crippen molar-refractivity contribution >= 4 is 11.3 Å². The summed E-state index contributed by atoms with van der Waals surface area (Å²) in [6.07, 6.45) is 1.05. The molecule has 0 bridgehead atoms. The maximum Gasteiger partial charge on any atom is 0.203 e. The van der Waals surface area contributed by atoms with E-state index in [9.17, 15) is 0 Å². The summed E-state index contributed by atoms with van der Waals surface area (Å²) in [6.45, 7) is 2.93. The molecule has 120 valence electrons. The molecule has 4 nitrogen and oxygen atoms in total. The molecule has 1 aromatic carbocycles. The molecule has 0 amide bonds. The van der Waals surface area contributed by atoms with Crippen LogP contribution in [0.25, 0.3) is 0 Å². The van der Waals surface area contributed by atoms with Crippen molar-refractivity contribution in [2.24, 2.45) is 0 Å². The molecule has 0 aliphatic heterocycles. The molecule has 22 heavy (non-hydrogen) atoms. The molecule has 0 saturated carbocycles. The van der Waals surface area contributed by atoms with Gasteiger partial charge < -0.3 is 19.5 Å². The molecule has 0 spiro atoms. The lowest BCUT2D eigenvalue weighted by Crippen LogP contribution is -2.19. The quantitative estimate of drug-likeness (QED) is 0.797. The standard InChI is InChI=1S/C17H23NO3S/c1-5-13(16-7-6-8-22-16)18-11-12-9-14(19-2)17(21-4)15(10-12)20-3/h6-10,13,18H,5,11H2,1-4H3. The predicted octanol–water partition coefficient (Wildman–Crippen LogP) is 4.01. The molecule has 2 rings (SSSR count). The second-order valence-corrected chi connectivity index (χ2v) is 5.87. The topological polar surface area (TPSA) is 39.7 Å². The van der Waals surface area contributed by atoms with Crippen molar-refractivity contribution in [1.29, 1.82) is 0 Å². The maximum atomic E-state index is 5.39. The van der Waals surface area contributed by atoms with Gasteiger partial charge in [-0.2, -0.15) is 0 Å². The Bertz CT molecular complexity index is 559. The van der Waals surface area contributed by atoms with Gasteiger partial charge in [0, 0.05) is 17.5 Å². The molecule has 1 atom stereocenters. The monoisotopic (exact) mass is 321 g/mol. The van der Waals surface area contributed by atoms with Crippen molar-refractivity contribution in [2.75, 3.05) is 21.3 Å². The zero-order valence-corrected chi connectivity index (χ0v) is 14.3. The van der Waals surface area contributed by atoms with Crippen LogP contribution in [-0.2, 0) is 6.54 Å². The van der Waals surface area contributed by atoms with Gasteiger partial charge in [0.2, 0.25) is 5.75 Å². The lowest BCUT2D eigenvalue weighted by molar-refractivity contribution is 0.323. The first kappa shape index (κ1) is 16.6. The van der Waals surface area contributed by atoms with Crippen molar-refractivity contribution in [3.63, 3.8) is 0 Å². The van der Waals surface area contributed by atoms with E-state index in [4.69, 9.17) is 14.2 Å². The SMILES string of the molecule is CCC(NCc1cc(OC)c(OC)c(OC)c1)c1cccs1. The number of hydrogen-bond donors (Lipinski definition) is 1. The van der Waals surface area contributed by atoms with E-state index >= 15 is 0 Å². The Labute approximate surface area is 136 Å². The summed E-state index contributed by atoms with van der Waals surface area (Å²) in [5.41, 5.74) is 1.10. The third-order valence-electron chi connectivity index (χ3n) is 3.57. The fourth-order valence-electron chi connectivity index (χ4n) is 2.41. The number of rotatable bonds is 8. The van der Waals surface area contributed by atoms with Crippen molar-refractivity contribution < 1.29 is 14.2 Å². The van der Waals surface area contributed by atoms with Gasteiger partial charge in [0.25, 0.3) is 0 Å². The predicted molar refractivity (Wildman–Crippen MR) is 90.3 cm³/mol. The average Bonchev–Trinajstić information content (AvgIpc) is 3.08. The van der Waals surface area contributed by atoms with Crippen LogP contribution in [0.2, 0.25) is 0 Å². The van der Waals surface area contributed by atoms with E-state index in [0.717, 1.165) is 18.5 Å². The number of benzene rings is 1. The molecule has 1 unspecified atom stereocenters. The Morgan fingerprint density at radius 2 is 1.77 bits per heavy atom. The molecule has 1 heterocycles. The molecule has 5 heteroatoms. The van der Waals surface area contributed by atoms with E-state index < -0.39 is 0 Å². The van der Waals surface area contributed by atoms with Gasteiger partial charge in [-0.05, 0) is 35.6 Å². The highest BCUT2D eigenvalue weighted by Crippen LogP contribution is 2.38. The van der Waals surface area contributed by atoms with Crippen molar-refractivity contribution in [3.05, 3.63) is 40.1 Å². The Morgan fingerprint density at radius 1 is 1.09 bits per heavy atom. The molecule has 2 aromatic rings. The number of thiophene rings is 1. The van der Waals surface area contributed by atoms with Crippen molar-refractivity contribution in [1.82, 2.24) is 5.32 Å². The summed E-state index contributed by atoms with van der Waals surface area (Å²) >= 11 is 1.78. The minimum absolute atomic E-state index is 0.360. The minimum atomic E-state index is 0.360. The van der Waals surface area contributed by atoms with Crippen LogP contribution in [0.3, 0.4) is 0 Å². The van der Waals surface area contributed by atoms with Gasteiger partial charge in [-0.25, -0.2) is 0 Å². The first-order chi connectivity index (χ1) is 10.7. The molecule has 0 aliphatic rings. The van der Waals surface area contributed by atoms with E-state index in [1.54, 1.807) is 32.7 Å². The second kappa shape index (κ2) is 8.06. The van der Waals surface area contributed by atoms with Crippen LogP contribution < -0.4 is 19.5 Å². The van der Waals surface area contributed by atoms with Gasteiger partial charge >= 0.3 is 0 Å². The highest BCUT2D eigenvalue weighted by atomic mass is 32.1. The number of hydrogen-bond acceptors (Lipinski definition) is 5. The van der Waals surface area contributed by atoms with Crippen LogP contribution in [-0.4, -0.2) is 21.3 Å². The molecule has 1 N–H and O–H groups in total. The molecule has 0 aliphatic carbocycles. The Morgan fingerprint density at radius 3 is 2.23 bits per heavy atom. The van der Waals surface area contributed by atoms with E-state index in [0.29, 0.717) is 23.3 Å². The fourth-order valence-corrected chi connectivity index (χ4v) is 3.30. The van der Waals surface area contributed by atoms with E-state index in [1.807, 2.05) is 12.1 Å². The molecule has 1 aromatic heterocycles. The first-order valence-electron chi connectivity index (χ1n) is 7.29. The third kappa shape index (κ3) is 3.72. The smallest absolute Gasteiger partial charge is 0.203 e. The van der Waals surface area contributed by atoms with Crippen LogP contribution >= 0.6 is 11.3 Å². The Kier molecular flexibility index (Phi) is 6.10. The van der Waals surface area contributed by atoms with Crippen LogP contribution in [0.1, 0.15) is 29.8 Å². The largest absolute Gasteiger partial charge is 0.493 e. The average molecular weight is 321 g/mol. The Hall–Kier alpha value is -1.72. The highest BCUT2D eigenvalue weighted by Gasteiger charge is 2.14. The Balaban J connectivity index is 2.15. The van der Waals surface area contributed by atoms with Gasteiger partial charge in [-0.3, -0.25) is 0 Å². The lowest BCUT2D eigenvalue weighted by Gasteiger charge is -2.18. The van der Waals surface area contributed by atoms with Crippen LogP contribution in [0.5, 0.6) is 17.2 Å². The second-order valence-electron chi connectivity index (χ2n) is 4.89. The van der Waals surface area contributed by atoms with Crippen molar-refractivity contribution in [2.45, 2.75) is 25.9 Å². The summed E-state index contributed by atoms with van der Waals surface area (Å²) in [7, 11) is 4.88. The first-order valence-corrected chi connectivity index (χ1v) is 8.17. The van der Waals surface area contributed by atoms with E-state index in [1.165, 1.54) is 4.88 Å². The van der Waals surface area contributed by atoms with Crippen molar-refractivity contribution in [3.8, 4) is 17.2 Å². The summed E-state index contributed by atoms with van der Waals surface area (Å²) in [4.78, 5) is 1.36. The normalized spacial score (nSPS) is 12.0. The summed E-state index contributed by atoms with van der Waals surface area (Å²) < 4.78 is 16.1. The minimum Gasteiger partial charge on any atom is -0.493 e. The molecular formula is C17H23NO3S. The highest BCUT2D eigenvalue weighted by molar-refractivity contribution is 7.10. The van der Waals surface area contributed by atoms with E-state index in [2.05, 4.69) is 29.8 Å². The van der Waals surface area contributed by atoms with Gasteiger partial charge in [0.05, 0.1) is 21.3 Å². The molecule has 0 saturated heterocycles. The molecule has 0 radical (unpaired) electrons.